The van der Waals surface area contributed by atoms with Crippen LogP contribution in [0.15, 0.2) is 24.3 Å². The molecule has 1 fully saturated rings. The zero-order valence-corrected chi connectivity index (χ0v) is 8.61. The van der Waals surface area contributed by atoms with E-state index in [4.69, 9.17) is 10.5 Å². The van der Waals surface area contributed by atoms with Crippen LogP contribution in [0, 0.1) is 5.92 Å². The Bertz CT molecular complexity index is 339. The molecule has 0 amide bonds. The average Bonchev–Trinajstić information content (AvgIpc) is 2.30. The van der Waals surface area contributed by atoms with E-state index in [9.17, 15) is 4.79 Å². The molecule has 0 saturated carbocycles. The van der Waals surface area contributed by atoms with Crippen molar-refractivity contribution in [2.75, 3.05) is 18.9 Å². The summed E-state index contributed by atoms with van der Waals surface area (Å²) in [6, 6.07) is 7.14. The maximum atomic E-state index is 12.0. The Labute approximate surface area is 89.2 Å². The largest absolute Gasteiger partial charge is 0.399 e. The van der Waals surface area contributed by atoms with Gasteiger partial charge in [0.2, 0.25) is 0 Å². The molecular weight excluding hydrogens is 190 g/mol. The summed E-state index contributed by atoms with van der Waals surface area (Å²) >= 11 is 0. The van der Waals surface area contributed by atoms with Gasteiger partial charge in [-0.05, 0) is 37.1 Å². The van der Waals surface area contributed by atoms with Crippen molar-refractivity contribution in [2.45, 2.75) is 12.8 Å². The van der Waals surface area contributed by atoms with Gasteiger partial charge in [-0.2, -0.15) is 0 Å². The van der Waals surface area contributed by atoms with Gasteiger partial charge in [0.05, 0.1) is 0 Å². The van der Waals surface area contributed by atoms with Crippen LogP contribution in [0.2, 0.25) is 0 Å². The molecule has 1 aliphatic heterocycles. The first kappa shape index (κ1) is 10.2. The second kappa shape index (κ2) is 4.45. The molecule has 1 aromatic rings. The molecule has 3 nitrogen and oxygen atoms in total. The molecule has 1 aliphatic rings. The highest BCUT2D eigenvalue weighted by Gasteiger charge is 2.22. The lowest BCUT2D eigenvalue weighted by molar-refractivity contribution is 0.0545. The first-order valence-electron chi connectivity index (χ1n) is 5.25. The highest BCUT2D eigenvalue weighted by molar-refractivity contribution is 5.98. The fraction of sp³-hybridized carbons (Fsp3) is 0.417. The van der Waals surface area contributed by atoms with Gasteiger partial charge in [-0.3, -0.25) is 4.79 Å². The highest BCUT2D eigenvalue weighted by atomic mass is 16.5. The van der Waals surface area contributed by atoms with Gasteiger partial charge in [-0.15, -0.1) is 0 Å². The third-order valence-corrected chi connectivity index (χ3v) is 2.79. The summed E-state index contributed by atoms with van der Waals surface area (Å²) < 4.78 is 5.23. The second-order valence-electron chi connectivity index (χ2n) is 3.87. The van der Waals surface area contributed by atoms with Crippen LogP contribution in [0.1, 0.15) is 23.2 Å². The van der Waals surface area contributed by atoms with Crippen molar-refractivity contribution in [3.63, 3.8) is 0 Å². The summed E-state index contributed by atoms with van der Waals surface area (Å²) in [7, 11) is 0. The number of anilines is 1. The van der Waals surface area contributed by atoms with Gasteiger partial charge in [0.1, 0.15) is 0 Å². The van der Waals surface area contributed by atoms with Gasteiger partial charge in [0.25, 0.3) is 0 Å². The molecule has 0 bridgehead atoms. The van der Waals surface area contributed by atoms with E-state index in [0.29, 0.717) is 18.9 Å². The van der Waals surface area contributed by atoms with E-state index in [1.807, 2.05) is 0 Å². The molecule has 15 heavy (non-hydrogen) atoms. The molecule has 1 heterocycles. The molecule has 0 aliphatic carbocycles. The van der Waals surface area contributed by atoms with Gasteiger partial charge in [-0.25, -0.2) is 0 Å². The van der Waals surface area contributed by atoms with Crippen LogP contribution in [0.4, 0.5) is 5.69 Å². The van der Waals surface area contributed by atoms with Crippen LogP contribution < -0.4 is 5.73 Å². The van der Waals surface area contributed by atoms with Crippen molar-refractivity contribution >= 4 is 11.5 Å². The Hall–Kier alpha value is -1.35. The molecule has 2 N–H and O–H groups in total. The third kappa shape index (κ3) is 2.36. The van der Waals surface area contributed by atoms with E-state index >= 15 is 0 Å². The van der Waals surface area contributed by atoms with Gasteiger partial charge < -0.3 is 10.5 Å². The Morgan fingerprint density at radius 2 is 1.80 bits per heavy atom. The fourth-order valence-corrected chi connectivity index (χ4v) is 1.84. The summed E-state index contributed by atoms with van der Waals surface area (Å²) in [5.74, 6) is 0.348. The Morgan fingerprint density at radius 1 is 1.20 bits per heavy atom. The zero-order valence-electron chi connectivity index (χ0n) is 8.61. The molecule has 80 valence electrons. The Balaban J connectivity index is 2.09. The first-order valence-corrected chi connectivity index (χ1v) is 5.25. The predicted octanol–water partition coefficient (Wildman–Crippen LogP) is 1.88. The number of benzene rings is 1. The van der Waals surface area contributed by atoms with Gasteiger partial charge >= 0.3 is 0 Å². The summed E-state index contributed by atoms with van der Waals surface area (Å²) in [5, 5.41) is 0. The van der Waals surface area contributed by atoms with Crippen LogP contribution in [-0.2, 0) is 4.74 Å². The standard InChI is InChI=1S/C12H15NO2/c13-11-3-1-9(2-4-11)12(14)10-5-7-15-8-6-10/h1-4,10H,5-8,13H2. The van der Waals surface area contributed by atoms with Crippen molar-refractivity contribution in [3.8, 4) is 0 Å². The van der Waals surface area contributed by atoms with Crippen molar-refractivity contribution < 1.29 is 9.53 Å². The topological polar surface area (TPSA) is 52.3 Å². The van der Waals surface area contributed by atoms with E-state index in [1.165, 1.54) is 0 Å². The molecule has 0 aromatic heterocycles. The molecule has 0 atom stereocenters. The smallest absolute Gasteiger partial charge is 0.166 e. The van der Waals surface area contributed by atoms with Crippen LogP contribution in [0.5, 0.6) is 0 Å². The van der Waals surface area contributed by atoms with Gasteiger partial charge in [-0.1, -0.05) is 0 Å². The maximum absolute atomic E-state index is 12.0. The molecule has 3 heteroatoms. The number of rotatable bonds is 2. The maximum Gasteiger partial charge on any atom is 0.166 e. The number of nitrogen functional groups attached to an aromatic ring is 1. The third-order valence-electron chi connectivity index (χ3n) is 2.79. The number of Topliss-reactive ketones (excluding diaryl/α,β-unsaturated/α-hetero) is 1. The van der Waals surface area contributed by atoms with E-state index < -0.39 is 0 Å². The molecule has 1 saturated heterocycles. The number of carbonyl (C=O) groups is 1. The SMILES string of the molecule is Nc1ccc(C(=O)C2CCOCC2)cc1. The molecule has 0 spiro atoms. The fourth-order valence-electron chi connectivity index (χ4n) is 1.84. The number of hydrogen-bond donors (Lipinski definition) is 1. The van der Waals surface area contributed by atoms with E-state index in [2.05, 4.69) is 0 Å². The van der Waals surface area contributed by atoms with Gasteiger partial charge in [0.15, 0.2) is 5.78 Å². The second-order valence-corrected chi connectivity index (χ2v) is 3.87. The normalized spacial score (nSPS) is 17.6. The van der Waals surface area contributed by atoms with Crippen LogP contribution in [0.25, 0.3) is 0 Å². The number of ketones is 1. The summed E-state index contributed by atoms with van der Waals surface area (Å²) in [6.07, 6.45) is 1.67. The quantitative estimate of drug-likeness (QED) is 0.592. The minimum atomic E-state index is 0.127. The summed E-state index contributed by atoms with van der Waals surface area (Å²) in [5.41, 5.74) is 7.03. The lowest BCUT2D eigenvalue weighted by Crippen LogP contribution is -2.23. The number of ether oxygens (including phenoxy) is 1. The van der Waals surface area contributed by atoms with Crippen LogP contribution in [0.3, 0.4) is 0 Å². The minimum Gasteiger partial charge on any atom is -0.399 e. The Morgan fingerprint density at radius 3 is 2.40 bits per heavy atom. The monoisotopic (exact) mass is 205 g/mol. The highest BCUT2D eigenvalue weighted by Crippen LogP contribution is 2.20. The predicted molar refractivity (Wildman–Crippen MR) is 58.7 cm³/mol. The number of hydrogen-bond acceptors (Lipinski definition) is 3. The van der Waals surface area contributed by atoms with Crippen molar-refractivity contribution in [2.24, 2.45) is 5.92 Å². The Kier molecular flexibility index (Phi) is 3.02. The zero-order chi connectivity index (χ0) is 10.7. The van der Waals surface area contributed by atoms with Crippen molar-refractivity contribution in [1.82, 2.24) is 0 Å². The molecule has 0 unspecified atom stereocenters. The summed E-state index contributed by atoms with van der Waals surface area (Å²) in [6.45, 7) is 1.40. The van der Waals surface area contributed by atoms with Crippen LogP contribution in [-0.4, -0.2) is 19.0 Å². The first-order chi connectivity index (χ1) is 7.27. The lowest BCUT2D eigenvalue weighted by Gasteiger charge is -2.20. The molecule has 0 radical (unpaired) electrons. The van der Waals surface area contributed by atoms with E-state index in [-0.39, 0.29) is 11.7 Å². The number of carbonyl (C=O) groups excluding carboxylic acids is 1. The van der Waals surface area contributed by atoms with E-state index in [0.717, 1.165) is 18.4 Å². The molecule has 1 aromatic carbocycles. The minimum absolute atomic E-state index is 0.127. The van der Waals surface area contributed by atoms with Crippen molar-refractivity contribution in [3.05, 3.63) is 29.8 Å². The van der Waals surface area contributed by atoms with Crippen LogP contribution >= 0.6 is 0 Å². The van der Waals surface area contributed by atoms with Gasteiger partial charge in [0, 0.05) is 30.4 Å². The van der Waals surface area contributed by atoms with E-state index in [1.54, 1.807) is 24.3 Å². The number of nitrogens with two attached hydrogens (primary N) is 1. The molecular formula is C12H15NO2. The average molecular weight is 205 g/mol. The lowest BCUT2D eigenvalue weighted by atomic mass is 9.91. The van der Waals surface area contributed by atoms with Crippen molar-refractivity contribution in [1.29, 1.82) is 0 Å². The molecule has 2 rings (SSSR count). The summed E-state index contributed by atoms with van der Waals surface area (Å²) in [4.78, 5) is 12.0.